The van der Waals surface area contributed by atoms with Crippen LogP contribution in [0.1, 0.15) is 31.2 Å². The second kappa shape index (κ2) is 6.67. The first-order valence-corrected chi connectivity index (χ1v) is 9.53. The maximum atomic E-state index is 13.5. The topological polar surface area (TPSA) is 61.9 Å². The van der Waals surface area contributed by atoms with E-state index in [9.17, 15) is 9.59 Å². The molecule has 2 saturated heterocycles. The second-order valence-electron chi connectivity index (χ2n) is 7.56. The summed E-state index contributed by atoms with van der Waals surface area (Å²) in [4.78, 5) is 30.7. The van der Waals surface area contributed by atoms with Crippen LogP contribution < -0.4 is 10.2 Å². The quantitative estimate of drug-likeness (QED) is 0.811. The molecule has 6 nitrogen and oxygen atoms in total. The van der Waals surface area contributed by atoms with Gasteiger partial charge in [-0.2, -0.15) is 0 Å². The van der Waals surface area contributed by atoms with Gasteiger partial charge in [-0.1, -0.05) is 18.2 Å². The molecule has 6 heteroatoms. The van der Waals surface area contributed by atoms with E-state index >= 15 is 0 Å². The third-order valence-corrected chi connectivity index (χ3v) is 6.29. The van der Waals surface area contributed by atoms with Crippen LogP contribution in [-0.2, 0) is 19.9 Å². The van der Waals surface area contributed by atoms with Gasteiger partial charge in [0.25, 0.3) is 5.91 Å². The standard InChI is InChI=1S/C20H27N3O3/c1-22-17-9-4-3-8-15(17)20(19(22)25)16(13-14-7-5-11-23(14)20)18(24)21-10-6-12-26-2/h3-4,8-9,14,16H,5-7,10-13H2,1-2H3,(H,21,24)/t14-,16-,20-/m0/s1. The molecule has 3 atom stereocenters. The first-order chi connectivity index (χ1) is 12.6. The lowest BCUT2D eigenvalue weighted by molar-refractivity contribution is -0.138. The number of anilines is 1. The summed E-state index contributed by atoms with van der Waals surface area (Å²) in [5, 5.41) is 3.05. The number of carbonyl (C=O) groups excluding carboxylic acids is 2. The van der Waals surface area contributed by atoms with Crippen molar-refractivity contribution >= 4 is 17.5 Å². The molecule has 0 unspecified atom stereocenters. The number of likely N-dealkylation sites (N-methyl/N-ethyl adjacent to an activating group) is 1. The minimum Gasteiger partial charge on any atom is -0.385 e. The van der Waals surface area contributed by atoms with E-state index in [4.69, 9.17) is 4.74 Å². The van der Waals surface area contributed by atoms with Crippen molar-refractivity contribution in [3.05, 3.63) is 29.8 Å². The molecule has 2 fully saturated rings. The van der Waals surface area contributed by atoms with Crippen LogP contribution in [0.5, 0.6) is 0 Å². The summed E-state index contributed by atoms with van der Waals surface area (Å²) >= 11 is 0. The van der Waals surface area contributed by atoms with Gasteiger partial charge in [-0.25, -0.2) is 0 Å². The van der Waals surface area contributed by atoms with Crippen LogP contribution in [0, 0.1) is 5.92 Å². The number of hydrogen-bond acceptors (Lipinski definition) is 4. The van der Waals surface area contributed by atoms with Crippen molar-refractivity contribution in [2.45, 2.75) is 37.3 Å². The first-order valence-electron chi connectivity index (χ1n) is 9.53. The van der Waals surface area contributed by atoms with Crippen LogP contribution in [0.2, 0.25) is 0 Å². The first kappa shape index (κ1) is 17.5. The molecule has 4 rings (SSSR count). The summed E-state index contributed by atoms with van der Waals surface area (Å²) in [6.45, 7) is 2.08. The minimum atomic E-state index is -0.835. The van der Waals surface area contributed by atoms with Gasteiger partial charge in [0.1, 0.15) is 5.54 Å². The van der Waals surface area contributed by atoms with Crippen molar-refractivity contribution in [2.24, 2.45) is 5.92 Å². The molecular weight excluding hydrogens is 330 g/mol. The minimum absolute atomic E-state index is 0.00560. The van der Waals surface area contributed by atoms with E-state index in [1.165, 1.54) is 0 Å². The Morgan fingerprint density at radius 3 is 3.00 bits per heavy atom. The molecular formula is C20H27N3O3. The summed E-state index contributed by atoms with van der Waals surface area (Å²) in [5.74, 6) is -0.303. The lowest BCUT2D eigenvalue weighted by atomic mass is 9.78. The average molecular weight is 357 g/mol. The van der Waals surface area contributed by atoms with Gasteiger partial charge in [-0.3, -0.25) is 14.5 Å². The van der Waals surface area contributed by atoms with Crippen molar-refractivity contribution in [1.29, 1.82) is 0 Å². The van der Waals surface area contributed by atoms with Crippen molar-refractivity contribution < 1.29 is 14.3 Å². The molecule has 3 aliphatic heterocycles. The van der Waals surface area contributed by atoms with E-state index in [0.29, 0.717) is 19.2 Å². The molecule has 0 aromatic heterocycles. The number of nitrogens with zero attached hydrogens (tertiary/aromatic N) is 2. The van der Waals surface area contributed by atoms with E-state index in [1.807, 2.05) is 31.3 Å². The fourth-order valence-corrected chi connectivity index (χ4v) is 5.22. The van der Waals surface area contributed by atoms with Gasteiger partial charge >= 0.3 is 0 Å². The van der Waals surface area contributed by atoms with E-state index in [-0.39, 0.29) is 17.7 Å². The Bertz CT molecular complexity index is 722. The second-order valence-corrected chi connectivity index (χ2v) is 7.56. The van der Waals surface area contributed by atoms with Crippen LogP contribution in [-0.4, -0.2) is 56.6 Å². The third kappa shape index (κ3) is 2.32. The summed E-state index contributed by atoms with van der Waals surface area (Å²) in [5.41, 5.74) is 1.09. The molecule has 3 aliphatic rings. The monoisotopic (exact) mass is 357 g/mol. The molecule has 2 amide bonds. The summed E-state index contributed by atoms with van der Waals surface area (Å²) in [6, 6.07) is 8.26. The van der Waals surface area contributed by atoms with Crippen LogP contribution in [0.25, 0.3) is 0 Å². The molecule has 0 bridgehead atoms. The Morgan fingerprint density at radius 1 is 1.38 bits per heavy atom. The largest absolute Gasteiger partial charge is 0.385 e. The van der Waals surface area contributed by atoms with Crippen molar-refractivity contribution in [1.82, 2.24) is 10.2 Å². The van der Waals surface area contributed by atoms with Crippen LogP contribution >= 0.6 is 0 Å². The van der Waals surface area contributed by atoms with Crippen molar-refractivity contribution in [3.8, 4) is 0 Å². The Balaban J connectivity index is 1.71. The van der Waals surface area contributed by atoms with Gasteiger partial charge < -0.3 is 15.0 Å². The zero-order chi connectivity index (χ0) is 18.3. The Kier molecular flexibility index (Phi) is 4.49. The number of carbonyl (C=O) groups is 2. The van der Waals surface area contributed by atoms with Gasteiger partial charge in [-0.15, -0.1) is 0 Å². The smallest absolute Gasteiger partial charge is 0.252 e. The molecule has 1 aromatic carbocycles. The number of ether oxygens (including phenoxy) is 1. The van der Waals surface area contributed by atoms with Gasteiger partial charge in [0, 0.05) is 44.6 Å². The number of methoxy groups -OCH3 is 1. The van der Waals surface area contributed by atoms with Gasteiger partial charge in [0.05, 0.1) is 5.92 Å². The Hall–Kier alpha value is -1.92. The number of fused-ring (bicyclic) bond motifs is 4. The highest BCUT2D eigenvalue weighted by Crippen LogP contribution is 2.56. The van der Waals surface area contributed by atoms with Gasteiger partial charge in [0.2, 0.25) is 5.91 Å². The number of benzene rings is 1. The van der Waals surface area contributed by atoms with Crippen molar-refractivity contribution in [3.63, 3.8) is 0 Å². The van der Waals surface area contributed by atoms with Crippen LogP contribution in [0.15, 0.2) is 24.3 Å². The third-order valence-electron chi connectivity index (χ3n) is 6.29. The molecule has 0 saturated carbocycles. The summed E-state index contributed by atoms with van der Waals surface area (Å²) in [6.07, 6.45) is 3.69. The highest BCUT2D eigenvalue weighted by atomic mass is 16.5. The number of amides is 2. The lowest BCUT2D eigenvalue weighted by Gasteiger charge is -2.37. The molecule has 26 heavy (non-hydrogen) atoms. The highest BCUT2D eigenvalue weighted by Gasteiger charge is 2.66. The normalized spacial score (nSPS) is 30.1. The van der Waals surface area contributed by atoms with Gasteiger partial charge in [-0.05, 0) is 38.3 Å². The fourth-order valence-electron chi connectivity index (χ4n) is 5.22. The number of nitrogens with one attached hydrogen (secondary N) is 1. The van der Waals surface area contributed by atoms with E-state index in [0.717, 1.165) is 43.5 Å². The molecule has 1 aromatic rings. The molecule has 140 valence electrons. The number of para-hydroxylation sites is 1. The maximum absolute atomic E-state index is 13.5. The zero-order valence-corrected chi connectivity index (χ0v) is 15.5. The summed E-state index contributed by atoms with van der Waals surface area (Å²) in [7, 11) is 3.49. The maximum Gasteiger partial charge on any atom is 0.252 e. The zero-order valence-electron chi connectivity index (χ0n) is 15.5. The highest BCUT2D eigenvalue weighted by molar-refractivity contribution is 6.10. The number of hydrogen-bond donors (Lipinski definition) is 1. The Morgan fingerprint density at radius 2 is 2.19 bits per heavy atom. The van der Waals surface area contributed by atoms with E-state index < -0.39 is 5.54 Å². The molecule has 0 aliphatic carbocycles. The molecule has 0 radical (unpaired) electrons. The predicted octanol–water partition coefficient (Wildman–Crippen LogP) is 1.50. The van der Waals surface area contributed by atoms with E-state index in [1.54, 1.807) is 12.0 Å². The van der Waals surface area contributed by atoms with Crippen molar-refractivity contribution in [2.75, 3.05) is 38.8 Å². The number of rotatable bonds is 5. The fraction of sp³-hybridized carbons (Fsp3) is 0.600. The molecule has 3 heterocycles. The van der Waals surface area contributed by atoms with Crippen LogP contribution in [0.3, 0.4) is 0 Å². The predicted molar refractivity (Wildman–Crippen MR) is 98.9 cm³/mol. The average Bonchev–Trinajstić information content (AvgIpc) is 3.29. The summed E-state index contributed by atoms with van der Waals surface area (Å²) < 4.78 is 5.06. The molecule has 1 N–H and O–H groups in total. The Labute approximate surface area is 154 Å². The van der Waals surface area contributed by atoms with Gasteiger partial charge in [0.15, 0.2) is 0 Å². The van der Waals surface area contributed by atoms with Crippen LogP contribution in [0.4, 0.5) is 5.69 Å². The lowest BCUT2D eigenvalue weighted by Crippen LogP contribution is -2.55. The molecule has 1 spiro atoms. The van der Waals surface area contributed by atoms with E-state index in [2.05, 4.69) is 10.2 Å². The SMILES string of the molecule is COCCCNC(=O)[C@@H]1C[C@@H]2CCCN2[C@]12C(=O)N(C)c1ccccc12.